The number of carbonyl (C=O) groups excluding carboxylic acids is 1. The first kappa shape index (κ1) is 17.0. The monoisotopic (exact) mass is 331 g/mol. The molecule has 1 N–H and O–H groups in total. The molecule has 1 saturated carbocycles. The Labute approximate surface area is 130 Å². The van der Waals surface area contributed by atoms with Crippen LogP contribution >= 0.6 is 0 Å². The smallest absolute Gasteiger partial charge is 0.377 e. The predicted molar refractivity (Wildman–Crippen MR) is 77.4 cm³/mol. The van der Waals surface area contributed by atoms with E-state index in [9.17, 15) is 28.1 Å². The summed E-state index contributed by atoms with van der Waals surface area (Å²) in [5.74, 6) is -0.685. The summed E-state index contributed by atoms with van der Waals surface area (Å²) < 4.78 is 36.6. The molecule has 6 nitrogen and oxygen atoms in total. The normalized spacial score (nSPS) is 14.4. The minimum absolute atomic E-state index is 0.0114. The molecule has 1 amide bonds. The standard InChI is InChI=1S/C14H16F3N3O3/c1-19(7-6-14(15,16)17)13(21)9-2-5-11(18-10-3-4-10)12(8-9)20(22)23/h2,5,8,10,18H,3-4,6-7H2,1H3. The van der Waals surface area contributed by atoms with Crippen LogP contribution in [0.3, 0.4) is 0 Å². The molecule has 0 radical (unpaired) electrons. The van der Waals surface area contributed by atoms with Gasteiger partial charge in [-0.1, -0.05) is 0 Å². The maximum Gasteiger partial charge on any atom is 0.390 e. The lowest BCUT2D eigenvalue weighted by Crippen LogP contribution is -2.30. The fourth-order valence-corrected chi connectivity index (χ4v) is 2.00. The highest BCUT2D eigenvalue weighted by Gasteiger charge is 2.29. The summed E-state index contributed by atoms with van der Waals surface area (Å²) in [4.78, 5) is 23.5. The second-order valence-electron chi connectivity index (χ2n) is 5.50. The Kier molecular flexibility index (Phi) is 4.76. The number of nitrogens with one attached hydrogen (secondary N) is 1. The number of amides is 1. The molecule has 0 aromatic heterocycles. The first-order valence-electron chi connectivity index (χ1n) is 7.04. The lowest BCUT2D eigenvalue weighted by Gasteiger charge is -2.18. The van der Waals surface area contributed by atoms with Gasteiger partial charge in [0.1, 0.15) is 5.69 Å². The summed E-state index contributed by atoms with van der Waals surface area (Å²) in [6.07, 6.45) is -3.63. The number of benzene rings is 1. The number of carbonyl (C=O) groups is 1. The summed E-state index contributed by atoms with van der Waals surface area (Å²) in [5.41, 5.74) is 0.0432. The molecular weight excluding hydrogens is 315 g/mol. The number of nitro groups is 1. The van der Waals surface area contributed by atoms with Gasteiger partial charge in [-0.2, -0.15) is 13.2 Å². The van der Waals surface area contributed by atoms with Crippen molar-refractivity contribution in [3.63, 3.8) is 0 Å². The van der Waals surface area contributed by atoms with E-state index in [2.05, 4.69) is 5.32 Å². The zero-order chi connectivity index (χ0) is 17.2. The summed E-state index contributed by atoms with van der Waals surface area (Å²) in [7, 11) is 1.23. The fraction of sp³-hybridized carbons (Fsp3) is 0.500. The largest absolute Gasteiger partial charge is 0.390 e. The molecule has 1 fully saturated rings. The molecular formula is C14H16F3N3O3. The van der Waals surface area contributed by atoms with Crippen LogP contribution in [0.4, 0.5) is 24.5 Å². The number of halogens is 3. The molecule has 0 heterocycles. The molecule has 126 valence electrons. The van der Waals surface area contributed by atoms with Crippen LogP contribution < -0.4 is 5.32 Å². The highest BCUT2D eigenvalue weighted by molar-refractivity contribution is 5.95. The van der Waals surface area contributed by atoms with E-state index < -0.39 is 30.0 Å². The Balaban J connectivity index is 2.13. The molecule has 1 aromatic rings. The van der Waals surface area contributed by atoms with Gasteiger partial charge in [-0.3, -0.25) is 14.9 Å². The number of hydrogen-bond donors (Lipinski definition) is 1. The van der Waals surface area contributed by atoms with Crippen molar-refractivity contribution < 1.29 is 22.9 Å². The van der Waals surface area contributed by atoms with Gasteiger partial charge in [0.05, 0.1) is 11.3 Å². The number of nitro benzene ring substituents is 1. The third-order valence-electron chi connectivity index (χ3n) is 3.46. The van der Waals surface area contributed by atoms with E-state index in [4.69, 9.17) is 0 Å². The van der Waals surface area contributed by atoms with Gasteiger partial charge < -0.3 is 10.2 Å². The Bertz CT molecular complexity index is 615. The van der Waals surface area contributed by atoms with E-state index in [-0.39, 0.29) is 17.3 Å². The van der Waals surface area contributed by atoms with Crippen molar-refractivity contribution in [1.82, 2.24) is 4.90 Å². The average Bonchev–Trinajstić information content (AvgIpc) is 3.27. The van der Waals surface area contributed by atoms with Crippen LogP contribution in [0, 0.1) is 10.1 Å². The topological polar surface area (TPSA) is 75.5 Å². The Morgan fingerprint density at radius 1 is 1.43 bits per heavy atom. The van der Waals surface area contributed by atoms with Crippen molar-refractivity contribution in [3.8, 4) is 0 Å². The molecule has 0 bridgehead atoms. The van der Waals surface area contributed by atoms with Crippen molar-refractivity contribution in [2.24, 2.45) is 0 Å². The van der Waals surface area contributed by atoms with Gasteiger partial charge in [0, 0.05) is 31.3 Å². The van der Waals surface area contributed by atoms with Crippen molar-refractivity contribution >= 4 is 17.3 Å². The average molecular weight is 331 g/mol. The van der Waals surface area contributed by atoms with Gasteiger partial charge in [-0.05, 0) is 25.0 Å². The van der Waals surface area contributed by atoms with Gasteiger partial charge in [-0.25, -0.2) is 0 Å². The first-order valence-corrected chi connectivity index (χ1v) is 7.04. The molecule has 0 spiro atoms. The third-order valence-corrected chi connectivity index (χ3v) is 3.46. The van der Waals surface area contributed by atoms with E-state index in [1.54, 1.807) is 0 Å². The van der Waals surface area contributed by atoms with Crippen molar-refractivity contribution in [2.75, 3.05) is 18.9 Å². The van der Waals surface area contributed by atoms with E-state index in [1.807, 2.05) is 0 Å². The first-order chi connectivity index (χ1) is 10.7. The van der Waals surface area contributed by atoms with Gasteiger partial charge in [0.2, 0.25) is 0 Å². The van der Waals surface area contributed by atoms with Gasteiger partial charge in [-0.15, -0.1) is 0 Å². The minimum atomic E-state index is -4.36. The lowest BCUT2D eigenvalue weighted by atomic mass is 10.1. The number of anilines is 1. The Morgan fingerprint density at radius 3 is 2.61 bits per heavy atom. The summed E-state index contributed by atoms with van der Waals surface area (Å²) in [6, 6.07) is 4.09. The number of hydrogen-bond acceptors (Lipinski definition) is 4. The molecule has 0 atom stereocenters. The SMILES string of the molecule is CN(CCC(F)(F)F)C(=O)c1ccc(NC2CC2)c([N+](=O)[O-])c1. The van der Waals surface area contributed by atoms with Crippen molar-refractivity contribution in [2.45, 2.75) is 31.5 Å². The van der Waals surface area contributed by atoms with Crippen molar-refractivity contribution in [1.29, 1.82) is 0 Å². The third kappa shape index (κ3) is 4.83. The lowest BCUT2D eigenvalue weighted by molar-refractivity contribution is -0.384. The van der Waals surface area contributed by atoms with Crippen LogP contribution in [-0.2, 0) is 0 Å². The molecule has 1 aliphatic carbocycles. The molecule has 2 rings (SSSR count). The zero-order valence-corrected chi connectivity index (χ0v) is 12.4. The molecule has 23 heavy (non-hydrogen) atoms. The molecule has 1 aliphatic rings. The molecule has 0 saturated heterocycles. The molecule has 9 heteroatoms. The summed E-state index contributed by atoms with van der Waals surface area (Å²) in [5, 5.41) is 14.1. The van der Waals surface area contributed by atoms with Gasteiger partial charge in [0.25, 0.3) is 11.6 Å². The predicted octanol–water partition coefficient (Wildman–Crippen LogP) is 3.19. The zero-order valence-electron chi connectivity index (χ0n) is 12.4. The molecule has 0 unspecified atom stereocenters. The van der Waals surface area contributed by atoms with Crippen LogP contribution in [0.5, 0.6) is 0 Å². The highest BCUT2D eigenvalue weighted by Crippen LogP contribution is 2.31. The van der Waals surface area contributed by atoms with E-state index in [0.29, 0.717) is 5.69 Å². The highest BCUT2D eigenvalue weighted by atomic mass is 19.4. The maximum absolute atomic E-state index is 12.2. The second kappa shape index (κ2) is 6.43. The number of rotatable bonds is 6. The van der Waals surface area contributed by atoms with Crippen LogP contribution in [0.2, 0.25) is 0 Å². The van der Waals surface area contributed by atoms with E-state index in [0.717, 1.165) is 23.8 Å². The van der Waals surface area contributed by atoms with Gasteiger partial charge in [0.15, 0.2) is 0 Å². The van der Waals surface area contributed by atoms with Crippen LogP contribution in [0.15, 0.2) is 18.2 Å². The maximum atomic E-state index is 12.2. The summed E-state index contributed by atoms with van der Waals surface area (Å²) >= 11 is 0. The summed E-state index contributed by atoms with van der Waals surface area (Å²) in [6.45, 7) is -0.502. The second-order valence-corrected chi connectivity index (χ2v) is 5.50. The van der Waals surface area contributed by atoms with Crippen molar-refractivity contribution in [3.05, 3.63) is 33.9 Å². The van der Waals surface area contributed by atoms with E-state index >= 15 is 0 Å². The number of alkyl halides is 3. The quantitative estimate of drug-likeness (QED) is 0.641. The molecule has 1 aromatic carbocycles. The van der Waals surface area contributed by atoms with E-state index in [1.165, 1.54) is 19.2 Å². The Hall–Kier alpha value is -2.32. The van der Waals surface area contributed by atoms with Crippen LogP contribution in [0.1, 0.15) is 29.6 Å². The minimum Gasteiger partial charge on any atom is -0.377 e. The molecule has 0 aliphatic heterocycles. The van der Waals surface area contributed by atoms with Crippen LogP contribution in [-0.4, -0.2) is 41.5 Å². The Morgan fingerprint density at radius 2 is 2.09 bits per heavy atom. The number of nitrogens with zero attached hydrogens (tertiary/aromatic N) is 2. The van der Waals surface area contributed by atoms with Crippen LogP contribution in [0.25, 0.3) is 0 Å². The van der Waals surface area contributed by atoms with Gasteiger partial charge >= 0.3 is 6.18 Å². The fourth-order valence-electron chi connectivity index (χ4n) is 2.00.